The molecular formula is C26H24N4O4S. The lowest BCUT2D eigenvalue weighted by atomic mass is 9.76. The van der Waals surface area contributed by atoms with Crippen LogP contribution in [0.5, 0.6) is 0 Å². The van der Waals surface area contributed by atoms with E-state index in [0.717, 1.165) is 46.7 Å². The number of Topliss-reactive ketones (excluding diaryl/α,β-unsaturated/α-hetero) is 1. The highest BCUT2D eigenvalue weighted by Crippen LogP contribution is 2.47. The van der Waals surface area contributed by atoms with Crippen LogP contribution in [-0.4, -0.2) is 39.0 Å². The lowest BCUT2D eigenvalue weighted by molar-refractivity contribution is -0.121. The Hall–Kier alpha value is -3.59. The molecule has 1 aliphatic carbocycles. The summed E-state index contributed by atoms with van der Waals surface area (Å²) in [5.41, 5.74) is 4.32. The second-order valence-corrected chi connectivity index (χ2v) is 9.73. The van der Waals surface area contributed by atoms with Gasteiger partial charge in [0.25, 0.3) is 0 Å². The number of aliphatic imine (C=N–C) groups is 1. The van der Waals surface area contributed by atoms with Crippen molar-refractivity contribution >= 4 is 45.9 Å². The summed E-state index contributed by atoms with van der Waals surface area (Å²) >= 11 is 1.40. The minimum Gasteiger partial charge on any atom is -0.461 e. The van der Waals surface area contributed by atoms with Gasteiger partial charge < -0.3 is 19.1 Å². The molecule has 2 unspecified atom stereocenters. The first-order valence-electron chi connectivity index (χ1n) is 11.8. The van der Waals surface area contributed by atoms with E-state index >= 15 is 0 Å². The Labute approximate surface area is 205 Å². The molecule has 0 spiro atoms. The van der Waals surface area contributed by atoms with Crippen molar-refractivity contribution in [2.75, 3.05) is 6.61 Å². The van der Waals surface area contributed by atoms with Gasteiger partial charge in [-0.2, -0.15) is 0 Å². The number of imidazole rings is 1. The van der Waals surface area contributed by atoms with E-state index in [-0.39, 0.29) is 18.3 Å². The molecule has 2 atom stereocenters. The van der Waals surface area contributed by atoms with Crippen LogP contribution >= 0.6 is 11.8 Å². The first-order chi connectivity index (χ1) is 17.1. The molecule has 0 radical (unpaired) electrons. The van der Waals surface area contributed by atoms with Crippen LogP contribution in [0.3, 0.4) is 0 Å². The molecule has 0 amide bonds. The molecule has 35 heavy (non-hydrogen) atoms. The second-order valence-electron chi connectivity index (χ2n) is 8.74. The van der Waals surface area contributed by atoms with Crippen molar-refractivity contribution in [3.63, 3.8) is 0 Å². The molecule has 178 valence electrons. The number of carbonyl (C=O) groups is 2. The number of nitrogens with one attached hydrogen (secondary N) is 2. The second kappa shape index (κ2) is 8.88. The number of furan rings is 1. The Bertz CT molecular complexity index is 1430. The normalized spacial score (nSPS) is 19.7. The van der Waals surface area contributed by atoms with Crippen LogP contribution in [0.4, 0.5) is 5.69 Å². The number of carbonyl (C=O) groups excluding carboxylic acids is 2. The van der Waals surface area contributed by atoms with Crippen molar-refractivity contribution in [2.24, 2.45) is 10.9 Å². The Morgan fingerprint density at radius 1 is 1.17 bits per heavy atom. The maximum atomic E-state index is 13.2. The summed E-state index contributed by atoms with van der Waals surface area (Å²) in [5.74, 6) is -0.361. The van der Waals surface area contributed by atoms with Crippen LogP contribution in [0.25, 0.3) is 11.0 Å². The van der Waals surface area contributed by atoms with E-state index in [0.29, 0.717) is 28.7 Å². The average Bonchev–Trinajstić information content (AvgIpc) is 3.56. The highest BCUT2D eigenvalue weighted by atomic mass is 32.2. The fourth-order valence-corrected chi connectivity index (χ4v) is 5.79. The van der Waals surface area contributed by atoms with Crippen molar-refractivity contribution in [3.8, 4) is 0 Å². The van der Waals surface area contributed by atoms with E-state index in [2.05, 4.69) is 15.0 Å². The van der Waals surface area contributed by atoms with Gasteiger partial charge in [-0.05, 0) is 62.2 Å². The molecule has 0 bridgehead atoms. The monoisotopic (exact) mass is 488 g/mol. The van der Waals surface area contributed by atoms with Crippen molar-refractivity contribution in [3.05, 3.63) is 59.6 Å². The summed E-state index contributed by atoms with van der Waals surface area (Å²) in [4.78, 5) is 41.6. The average molecular weight is 489 g/mol. The van der Waals surface area contributed by atoms with E-state index < -0.39 is 11.9 Å². The van der Waals surface area contributed by atoms with Gasteiger partial charge >= 0.3 is 5.97 Å². The number of aromatic nitrogens is 3. The molecule has 2 N–H and O–H groups in total. The number of hydrogen-bond donors (Lipinski definition) is 2. The van der Waals surface area contributed by atoms with Gasteiger partial charge in [0.2, 0.25) is 0 Å². The molecule has 1 saturated carbocycles. The van der Waals surface area contributed by atoms with Crippen LogP contribution in [0.2, 0.25) is 0 Å². The maximum absolute atomic E-state index is 13.2. The standard InChI is InChI=1S/C26H24N4O4S/c1-2-33-25(32)24-23-14(13-27-24)21(22-17(28-23)9-5-6-10-18(22)31)19-11-12-20(34-19)35-26-29-15-7-3-4-8-16(15)30-26/h3-4,7-8,11-13,21-22,27H,2,5-6,9-10H2,1H3,(H,29,30). The first kappa shape index (κ1) is 21.9. The van der Waals surface area contributed by atoms with E-state index in [1.165, 1.54) is 11.8 Å². The maximum Gasteiger partial charge on any atom is 0.357 e. The minimum absolute atomic E-state index is 0.165. The van der Waals surface area contributed by atoms with Gasteiger partial charge in [-0.1, -0.05) is 12.1 Å². The van der Waals surface area contributed by atoms with Crippen LogP contribution < -0.4 is 0 Å². The molecule has 3 aromatic heterocycles. The smallest absolute Gasteiger partial charge is 0.357 e. The largest absolute Gasteiger partial charge is 0.461 e. The van der Waals surface area contributed by atoms with Gasteiger partial charge in [-0.25, -0.2) is 9.78 Å². The van der Waals surface area contributed by atoms with Crippen LogP contribution in [0.1, 0.15) is 60.3 Å². The van der Waals surface area contributed by atoms with Gasteiger partial charge in [-0.15, -0.1) is 0 Å². The number of ether oxygens (including phenoxy) is 1. The molecule has 4 aromatic rings. The molecule has 1 fully saturated rings. The number of para-hydroxylation sites is 2. The zero-order valence-electron chi connectivity index (χ0n) is 19.2. The molecule has 4 heterocycles. The van der Waals surface area contributed by atoms with Crippen molar-refractivity contribution in [1.29, 1.82) is 0 Å². The predicted molar refractivity (Wildman–Crippen MR) is 132 cm³/mol. The Morgan fingerprint density at radius 3 is 2.89 bits per heavy atom. The SMILES string of the molecule is CCOC(=O)c1[nH]cc2c1N=C1CCCCC(=O)C1C2c1ccc(Sc2nc3ccccc3[nH]2)o1. The number of aromatic amines is 2. The van der Waals surface area contributed by atoms with Crippen LogP contribution in [-0.2, 0) is 9.53 Å². The number of H-pyrrole nitrogens is 2. The molecule has 8 nitrogen and oxygen atoms in total. The molecule has 1 aromatic carbocycles. The van der Waals surface area contributed by atoms with Crippen LogP contribution in [0, 0.1) is 5.92 Å². The highest BCUT2D eigenvalue weighted by molar-refractivity contribution is 7.99. The number of rotatable bonds is 5. The topological polar surface area (TPSA) is 113 Å². The molecule has 6 rings (SSSR count). The lowest BCUT2D eigenvalue weighted by Crippen LogP contribution is -2.31. The molecule has 9 heteroatoms. The summed E-state index contributed by atoms with van der Waals surface area (Å²) in [6.07, 6.45) is 4.74. The van der Waals surface area contributed by atoms with Gasteiger partial charge in [-0.3, -0.25) is 9.79 Å². The number of hydrogen-bond acceptors (Lipinski definition) is 7. The third kappa shape index (κ3) is 3.89. The summed E-state index contributed by atoms with van der Waals surface area (Å²) in [6.45, 7) is 2.04. The van der Waals surface area contributed by atoms with Crippen LogP contribution in [0.15, 0.2) is 62.3 Å². The summed E-state index contributed by atoms with van der Waals surface area (Å²) in [7, 11) is 0. The molecule has 2 aliphatic rings. The van der Waals surface area contributed by atoms with Gasteiger partial charge in [0.05, 0.1) is 35.2 Å². The number of benzene rings is 1. The zero-order valence-corrected chi connectivity index (χ0v) is 20.0. The van der Waals surface area contributed by atoms with E-state index in [4.69, 9.17) is 14.1 Å². The van der Waals surface area contributed by atoms with E-state index in [1.807, 2.05) is 36.4 Å². The summed E-state index contributed by atoms with van der Waals surface area (Å²) < 4.78 is 11.5. The molecule has 1 aliphatic heterocycles. The third-order valence-electron chi connectivity index (χ3n) is 6.57. The molecule has 0 saturated heterocycles. The van der Waals surface area contributed by atoms with Gasteiger partial charge in [0.15, 0.2) is 15.9 Å². The van der Waals surface area contributed by atoms with Crippen molar-refractivity contribution in [1.82, 2.24) is 15.0 Å². The fraction of sp³-hybridized carbons (Fsp3) is 0.308. The Morgan fingerprint density at radius 2 is 2.03 bits per heavy atom. The lowest BCUT2D eigenvalue weighted by Gasteiger charge is -2.28. The van der Waals surface area contributed by atoms with Gasteiger partial charge in [0.1, 0.15) is 11.5 Å². The Kier molecular flexibility index (Phi) is 5.56. The summed E-state index contributed by atoms with van der Waals surface area (Å²) in [6, 6.07) is 11.7. The first-order valence-corrected chi connectivity index (χ1v) is 12.6. The third-order valence-corrected chi connectivity index (χ3v) is 7.38. The molecular weight excluding hydrogens is 464 g/mol. The zero-order chi connectivity index (χ0) is 23.9. The quantitative estimate of drug-likeness (QED) is 0.344. The van der Waals surface area contributed by atoms with E-state index in [1.54, 1.807) is 13.1 Å². The number of ketones is 1. The number of esters is 1. The number of fused-ring (bicyclic) bond motifs is 3. The van der Waals surface area contributed by atoms with E-state index in [9.17, 15) is 9.59 Å². The minimum atomic E-state index is -0.448. The van der Waals surface area contributed by atoms with Crippen molar-refractivity contribution < 1.29 is 18.7 Å². The summed E-state index contributed by atoms with van der Waals surface area (Å²) in [5, 5.41) is 1.40. The Balaban J connectivity index is 1.39. The van der Waals surface area contributed by atoms with Gasteiger partial charge in [0, 0.05) is 23.9 Å². The van der Waals surface area contributed by atoms with Crippen molar-refractivity contribution in [2.45, 2.75) is 48.8 Å². The number of nitrogens with zero attached hydrogens (tertiary/aromatic N) is 2. The predicted octanol–water partition coefficient (Wildman–Crippen LogP) is 5.79. The highest BCUT2D eigenvalue weighted by Gasteiger charge is 2.43. The fourth-order valence-electron chi connectivity index (χ4n) is 5.02.